The quantitative estimate of drug-likeness (QED) is 0.0392. The smallest absolute Gasteiger partial charge is 0.161 e. The molecule has 0 aliphatic carbocycles. The van der Waals surface area contributed by atoms with Gasteiger partial charge in [-0.3, -0.25) is 29.4 Å². The van der Waals surface area contributed by atoms with Gasteiger partial charge in [-0.25, -0.2) is 0 Å². The van der Waals surface area contributed by atoms with Crippen molar-refractivity contribution < 1.29 is 170 Å². The zero-order valence-corrected chi connectivity index (χ0v) is 83.2. The Hall–Kier alpha value is -7.56. The molecule has 6 N–H and O–H groups in total. The molecule has 0 saturated carbocycles. The first kappa shape index (κ1) is 55.5. The van der Waals surface area contributed by atoms with Gasteiger partial charge in [0.15, 0.2) is 69.0 Å². The Balaban J connectivity index is 0.000000194. The number of benzene rings is 6. The van der Waals surface area contributed by atoms with Crippen molar-refractivity contribution in [3.63, 3.8) is 0 Å². The van der Waals surface area contributed by atoms with E-state index in [2.05, 4.69) is 0 Å². The second-order valence-electron chi connectivity index (χ2n) is 38.5. The average Bonchev–Trinajstić information content (AvgIpc) is 0.668. The summed E-state index contributed by atoms with van der Waals surface area (Å²) in [5.74, 6) is -13.1. The molecule has 12 aliphatic heterocycles. The van der Waals surface area contributed by atoms with E-state index in [1.807, 2.05) is 57.4 Å². The number of aliphatic hydroxyl groups is 6. The highest BCUT2D eigenvalue weighted by molar-refractivity contribution is 5.55. The summed E-state index contributed by atoms with van der Waals surface area (Å²) >= 11 is 0. The van der Waals surface area contributed by atoms with Gasteiger partial charge >= 0.3 is 0 Å². The van der Waals surface area contributed by atoms with Crippen LogP contribution in [0.3, 0.4) is 0 Å². The van der Waals surface area contributed by atoms with Crippen LogP contribution in [0.2, 0.25) is 0 Å². The summed E-state index contributed by atoms with van der Waals surface area (Å²) in [5.41, 5.74) is -3.68. The van der Waals surface area contributed by atoms with Crippen LogP contribution in [0.15, 0.2) is 72.8 Å². The van der Waals surface area contributed by atoms with Gasteiger partial charge in [0, 0.05) is 172 Å². The van der Waals surface area contributed by atoms with Crippen molar-refractivity contribution in [1.29, 1.82) is 0 Å². The van der Waals surface area contributed by atoms with Gasteiger partial charge < -0.3 is 87.5 Å². The van der Waals surface area contributed by atoms with E-state index in [1.54, 1.807) is 30.2 Å². The number of hydrogen-bond donors (Lipinski definition) is 6. The van der Waals surface area contributed by atoms with Crippen LogP contribution in [-0.4, -0.2) is 260 Å². The molecule has 6 saturated heterocycles. The van der Waals surface area contributed by atoms with Crippen LogP contribution in [0.5, 0.6) is 69.0 Å². The van der Waals surface area contributed by atoms with Gasteiger partial charge in [0.05, 0.1) is 146 Å². The number of ether oxygens (including phenoxy) is 12. The molecular weight excluding hydrogens is 1780 g/mol. The number of hydrogen-bond acceptors (Lipinski definition) is 24. The molecule has 786 valence electrons. The van der Waals surface area contributed by atoms with Gasteiger partial charge in [0.2, 0.25) is 0 Å². The molecule has 24 heteroatoms. The largest absolute Gasteiger partial charge is 0.493 e. The molecular formula is C117H180N6O18. The third-order valence-electron chi connectivity index (χ3n) is 26.3. The van der Waals surface area contributed by atoms with Crippen molar-refractivity contribution in [2.45, 2.75) is 291 Å². The Kier molecular flexibility index (Phi) is 19.0. The van der Waals surface area contributed by atoms with E-state index in [-0.39, 0.29) is 152 Å². The van der Waals surface area contributed by atoms with E-state index >= 15 is 0 Å². The van der Waals surface area contributed by atoms with Gasteiger partial charge in [0.1, 0.15) is 0 Å². The molecule has 141 heavy (non-hydrogen) atoms. The molecule has 6 aromatic rings. The lowest BCUT2D eigenvalue weighted by Gasteiger charge is -2.47. The van der Waals surface area contributed by atoms with Crippen LogP contribution in [0.4, 0.5) is 0 Å². The van der Waals surface area contributed by atoms with Gasteiger partial charge in [-0.05, 0) is 324 Å². The Labute approximate surface area is 930 Å². The highest BCUT2D eigenvalue weighted by Gasteiger charge is 2.47. The Morgan fingerprint density at radius 3 is 0.596 bits per heavy atom. The maximum absolute atomic E-state index is 11.4. The minimum atomic E-state index is -3.69. The number of methoxy groups -OCH3 is 12. The molecule has 24 nitrogen and oxygen atoms in total. The van der Waals surface area contributed by atoms with E-state index in [9.17, 15) is 30.6 Å². The molecule has 6 aromatic carbocycles. The van der Waals surface area contributed by atoms with Crippen LogP contribution in [-0.2, 0) is 38.5 Å². The number of fused-ring (bicyclic) bond motifs is 18. The van der Waals surface area contributed by atoms with Crippen molar-refractivity contribution in [3.8, 4) is 69.0 Å². The molecule has 12 heterocycles. The molecule has 0 aromatic heterocycles. The SMILES string of the molecule is [2H]C([2H])([2H])C(C)(C([2H])([2H])[2H])C([2H])([2H])C1([2H])CN2CCc3cc(OC)c(OC)cc3C2C([2H])([2H])C1([2H])O.[2H]C([2H])([2H])Oc1cc2c(cc1OC)C1N(CC2)CC([2H])(C([2H])([2H])C(C)(C([2H])([2H])[2H])C([2H])([2H])[2H])C([2H])(O)C1([2H])[2H].[2H]C([2H])([2H])Oc1cc2c(cc1OC)C1N(CC2)CC([2H])(CC(C)C)C([2H])(O)C1([2H])[2H].[2H]C([2H])([2H])Oc1cc2c(cc1OC)CCN1CC([2H])(C([2H])([2H])C(C)(C([2H])([2H])[2H])C([2H])([2H])[2H])C([2H])(O)C([2H])([2H])C21.[2H]C([2H])([2H])Oc1cc2c(cc1OC)CCN1CC([2H])(CC(C)C)C([2H])(O)C([2H])([2H])C21.[2H]C1(CC(C)C)CN2CCc3cc(OC)c(OC)cc3C2C([2H])([2H])C1([2H])O. The van der Waals surface area contributed by atoms with Crippen LogP contribution < -0.4 is 56.8 Å². The highest BCUT2D eigenvalue weighted by Crippen LogP contribution is 2.53. The number of nitrogens with zero attached hydrogens (tertiary/aromatic N) is 6. The van der Waals surface area contributed by atoms with Gasteiger partial charge in [-0.15, -0.1) is 0 Å². The molecule has 18 unspecified atom stereocenters. The molecule has 18 atom stereocenters. The maximum Gasteiger partial charge on any atom is 0.161 e. The van der Waals surface area contributed by atoms with Gasteiger partial charge in [0.25, 0.3) is 0 Å². The fourth-order valence-electron chi connectivity index (χ4n) is 20.0. The first-order valence-electron chi connectivity index (χ1n) is 77.1. The lowest BCUT2D eigenvalue weighted by Crippen LogP contribution is -2.48. The lowest BCUT2D eigenvalue weighted by atomic mass is 9.75. The normalized spacial score (nSPS) is 43.3. The molecule has 6 fully saturated rings. The van der Waals surface area contributed by atoms with Crippen molar-refractivity contribution in [2.75, 3.05) is 164 Å². The fourth-order valence-corrected chi connectivity index (χ4v) is 20.0. The van der Waals surface area contributed by atoms with E-state index in [0.717, 1.165) is 11.1 Å². The third kappa shape index (κ3) is 26.9. The summed E-state index contributed by atoms with van der Waals surface area (Å²) in [5, 5.41) is 67.2. The van der Waals surface area contributed by atoms with Crippen molar-refractivity contribution in [3.05, 3.63) is 140 Å². The first-order chi connectivity index (χ1) is 90.2. The molecule has 0 spiro atoms. The molecule has 0 radical (unpaired) electrons. The van der Waals surface area contributed by atoms with Crippen LogP contribution >= 0.6 is 0 Å². The summed E-state index contributed by atoms with van der Waals surface area (Å²) in [6.07, 6.45) is -43.4. The van der Waals surface area contributed by atoms with Crippen molar-refractivity contribution >= 4 is 0 Å². The van der Waals surface area contributed by atoms with Gasteiger partial charge in [-0.1, -0.05) is 103 Å². The van der Waals surface area contributed by atoms with E-state index in [0.29, 0.717) is 128 Å². The summed E-state index contributed by atoms with van der Waals surface area (Å²) in [4.78, 5) is 9.37. The van der Waals surface area contributed by atoms with Crippen LogP contribution in [0, 0.1) is 69.4 Å². The Morgan fingerprint density at radius 1 is 0.277 bits per heavy atom. The first-order valence-corrected chi connectivity index (χ1v) is 47.1. The summed E-state index contributed by atoms with van der Waals surface area (Å²) in [6.45, 7) is -8.79. The standard InChI is InChI=1S/3C20H31NO3.3C19H29NO3/c3*1-20(2,3)11-14-12-21-7-6-13-8-18(23-4)19(24-5)9-15(13)16(21)10-17(14)22;3*1-12(2)7-14-11-20-6-5-13-8-18(22-3)19(23-4)9-15(13)16(20)10-17(14)21/h3*8-9,14,16-17,22H,6-7,10-12H2,1-5H3;3*8-9,12,14,16-17,21H,5-7,10-11H2,1-4H3/i1D3,2D3,5D3,10D2,11D2,14D,17D;1D3,2D3,4D3,10D2,11D2,14D,17D;1D3,2D3,10D2,11D2,14D,17D;4D3,10D2,14D,17D;3D3,10D2,14D,17D;10D2,14D,17D. The summed E-state index contributed by atoms with van der Waals surface area (Å²) in [7, 11) is 0.0517. The molecule has 0 bridgehead atoms. The second-order valence-corrected chi connectivity index (χ2v) is 38.5. The second kappa shape index (κ2) is 48.4. The number of piperidine rings is 6. The molecule has 18 rings (SSSR count). The maximum atomic E-state index is 11.4. The lowest BCUT2D eigenvalue weighted by molar-refractivity contribution is -0.0259. The van der Waals surface area contributed by atoms with E-state index in [1.165, 1.54) is 113 Å². The molecule has 0 amide bonds. The van der Waals surface area contributed by atoms with Gasteiger partial charge in [-0.2, -0.15) is 0 Å². The minimum absolute atomic E-state index is 0.00681. The summed E-state index contributed by atoms with van der Waals surface area (Å²) < 4.78 is 555. The van der Waals surface area contributed by atoms with Crippen molar-refractivity contribution in [1.82, 2.24) is 29.4 Å². The minimum Gasteiger partial charge on any atom is -0.493 e. The van der Waals surface area contributed by atoms with Crippen LogP contribution in [0.25, 0.3) is 0 Å². The monoisotopic (exact) mass is 2020 g/mol. The van der Waals surface area contributed by atoms with Crippen LogP contribution in [0.1, 0.15) is 365 Å². The average molecular weight is 2020 g/mol. The fraction of sp³-hybridized carbons (Fsp3) is 0.692. The highest BCUT2D eigenvalue weighted by atomic mass is 16.5. The zero-order valence-electron chi connectivity index (χ0n) is 143. The predicted molar refractivity (Wildman–Crippen MR) is 561 cm³/mol. The summed E-state index contributed by atoms with van der Waals surface area (Å²) in [6, 6.07) is 11.0. The van der Waals surface area contributed by atoms with E-state index < -0.39 is 271 Å². The van der Waals surface area contributed by atoms with E-state index in [4.69, 9.17) is 139 Å². The topological polar surface area (TPSA) is 252 Å². The zero-order chi connectivity index (χ0) is 154. The van der Waals surface area contributed by atoms with Crippen molar-refractivity contribution in [2.24, 2.45) is 69.4 Å². The predicted octanol–water partition coefficient (Wildman–Crippen LogP) is 19.3. The Bertz CT molecular complexity index is 7860. The number of rotatable bonds is 21. The third-order valence-corrected chi connectivity index (χ3v) is 26.3. The molecule has 12 aliphatic rings. The Morgan fingerprint density at radius 2 is 0.433 bits per heavy atom.